The van der Waals surface area contributed by atoms with Crippen molar-refractivity contribution in [3.63, 3.8) is 0 Å². The van der Waals surface area contributed by atoms with Gasteiger partial charge in [-0.3, -0.25) is 4.90 Å². The average molecular weight is 236 g/mol. The van der Waals surface area contributed by atoms with Crippen LogP contribution in [0.15, 0.2) is 24.3 Å². The van der Waals surface area contributed by atoms with Crippen LogP contribution in [-0.4, -0.2) is 41.8 Å². The lowest BCUT2D eigenvalue weighted by molar-refractivity contribution is -0.0745. The van der Waals surface area contributed by atoms with Crippen molar-refractivity contribution in [3.05, 3.63) is 29.8 Å². The van der Waals surface area contributed by atoms with Crippen LogP contribution in [0.4, 0.5) is 0 Å². The van der Waals surface area contributed by atoms with Crippen LogP contribution in [0.25, 0.3) is 0 Å². The summed E-state index contributed by atoms with van der Waals surface area (Å²) in [6.07, 6.45) is 0.366. The van der Waals surface area contributed by atoms with Gasteiger partial charge in [0.05, 0.1) is 12.2 Å². The Morgan fingerprint density at radius 1 is 1.35 bits per heavy atom. The molecule has 1 aliphatic heterocycles. The van der Waals surface area contributed by atoms with Gasteiger partial charge in [-0.2, -0.15) is 0 Å². The highest BCUT2D eigenvalue weighted by Crippen LogP contribution is 2.16. The largest absolute Gasteiger partial charge is 0.508 e. The first-order valence-corrected chi connectivity index (χ1v) is 6.03. The highest BCUT2D eigenvalue weighted by Gasteiger charge is 2.23. The number of rotatable bonds is 3. The van der Waals surface area contributed by atoms with Crippen LogP contribution in [0, 0.1) is 0 Å². The van der Waals surface area contributed by atoms with Crippen molar-refractivity contribution in [2.45, 2.75) is 25.7 Å². The zero-order chi connectivity index (χ0) is 12.3. The third kappa shape index (κ3) is 3.43. The Bertz CT molecular complexity index is 353. The Kier molecular flexibility index (Phi) is 3.99. The van der Waals surface area contributed by atoms with Crippen molar-refractivity contribution in [1.29, 1.82) is 0 Å². The predicted octanol–water partition coefficient (Wildman–Crippen LogP) is 0.940. The minimum Gasteiger partial charge on any atom is -0.508 e. The summed E-state index contributed by atoms with van der Waals surface area (Å²) in [6, 6.07) is 7.35. The quantitative estimate of drug-likeness (QED) is 0.820. The van der Waals surface area contributed by atoms with Gasteiger partial charge in [0.1, 0.15) is 5.75 Å². The average Bonchev–Trinajstić information content (AvgIpc) is 2.31. The summed E-state index contributed by atoms with van der Waals surface area (Å²) in [5.41, 5.74) is 6.86. The van der Waals surface area contributed by atoms with Gasteiger partial charge in [-0.15, -0.1) is 0 Å². The predicted molar refractivity (Wildman–Crippen MR) is 66.8 cm³/mol. The van der Waals surface area contributed by atoms with Crippen LogP contribution in [0.5, 0.6) is 5.75 Å². The van der Waals surface area contributed by atoms with Gasteiger partial charge in [0, 0.05) is 26.2 Å². The smallest absolute Gasteiger partial charge is 0.115 e. The molecule has 1 aromatic carbocycles. The molecule has 2 atom stereocenters. The molecule has 1 aliphatic rings. The van der Waals surface area contributed by atoms with E-state index >= 15 is 0 Å². The molecular weight excluding hydrogens is 216 g/mol. The molecule has 2 rings (SSSR count). The van der Waals surface area contributed by atoms with Gasteiger partial charge in [0.25, 0.3) is 0 Å². The summed E-state index contributed by atoms with van der Waals surface area (Å²) in [7, 11) is 0. The molecule has 4 nitrogen and oxygen atoms in total. The lowest BCUT2D eigenvalue weighted by Crippen LogP contribution is -2.48. The molecule has 0 aliphatic carbocycles. The van der Waals surface area contributed by atoms with E-state index in [1.807, 2.05) is 12.1 Å². The number of aromatic hydroxyl groups is 1. The number of morpholine rings is 1. The van der Waals surface area contributed by atoms with Crippen LogP contribution >= 0.6 is 0 Å². The van der Waals surface area contributed by atoms with Crippen LogP contribution in [0.1, 0.15) is 12.5 Å². The normalized spacial score (nSPS) is 26.0. The summed E-state index contributed by atoms with van der Waals surface area (Å²) >= 11 is 0. The van der Waals surface area contributed by atoms with Crippen molar-refractivity contribution < 1.29 is 9.84 Å². The molecule has 0 bridgehead atoms. The molecule has 4 heteroatoms. The molecule has 3 N–H and O–H groups in total. The van der Waals surface area contributed by atoms with Gasteiger partial charge >= 0.3 is 0 Å². The minimum absolute atomic E-state index is 0.135. The lowest BCUT2D eigenvalue weighted by Gasteiger charge is -2.36. The molecule has 2 unspecified atom stereocenters. The van der Waals surface area contributed by atoms with Gasteiger partial charge in [0.15, 0.2) is 0 Å². The molecule has 0 radical (unpaired) electrons. The van der Waals surface area contributed by atoms with E-state index in [4.69, 9.17) is 10.5 Å². The molecule has 0 spiro atoms. The van der Waals surface area contributed by atoms with Crippen LogP contribution in [0.3, 0.4) is 0 Å². The van der Waals surface area contributed by atoms with E-state index in [9.17, 15) is 5.11 Å². The van der Waals surface area contributed by atoms with Crippen LogP contribution < -0.4 is 5.73 Å². The molecule has 17 heavy (non-hydrogen) atoms. The summed E-state index contributed by atoms with van der Waals surface area (Å²) < 4.78 is 5.72. The lowest BCUT2D eigenvalue weighted by atomic mass is 10.1. The van der Waals surface area contributed by atoms with E-state index in [2.05, 4.69) is 11.8 Å². The molecule has 0 aromatic heterocycles. The Hall–Kier alpha value is -1.10. The second-order valence-electron chi connectivity index (χ2n) is 4.66. The standard InChI is InChI=1S/C13H20N2O2/c1-10-7-15(9-13(6-14)17-10)8-11-2-4-12(16)5-3-11/h2-5,10,13,16H,6-9,14H2,1H3. The molecule has 1 aromatic rings. The maximum Gasteiger partial charge on any atom is 0.115 e. The second-order valence-corrected chi connectivity index (χ2v) is 4.66. The molecule has 1 fully saturated rings. The summed E-state index contributed by atoms with van der Waals surface area (Å²) in [4.78, 5) is 2.35. The van der Waals surface area contributed by atoms with E-state index in [0.29, 0.717) is 12.3 Å². The van der Waals surface area contributed by atoms with E-state index in [0.717, 1.165) is 19.6 Å². The Balaban J connectivity index is 1.95. The zero-order valence-corrected chi connectivity index (χ0v) is 10.2. The number of nitrogens with zero attached hydrogens (tertiary/aromatic N) is 1. The number of phenolic OH excluding ortho intramolecular Hbond substituents is 1. The van der Waals surface area contributed by atoms with Gasteiger partial charge in [-0.25, -0.2) is 0 Å². The number of nitrogens with two attached hydrogens (primary N) is 1. The third-order valence-corrected chi connectivity index (χ3v) is 3.01. The van der Waals surface area contributed by atoms with Gasteiger partial charge in [-0.05, 0) is 24.6 Å². The number of hydrogen-bond donors (Lipinski definition) is 2. The number of hydrogen-bond acceptors (Lipinski definition) is 4. The van der Waals surface area contributed by atoms with Crippen molar-refractivity contribution >= 4 is 0 Å². The molecule has 1 saturated heterocycles. The minimum atomic E-state index is 0.135. The zero-order valence-electron chi connectivity index (χ0n) is 10.2. The van der Waals surface area contributed by atoms with Gasteiger partial charge < -0.3 is 15.6 Å². The van der Waals surface area contributed by atoms with E-state index in [1.165, 1.54) is 5.56 Å². The Morgan fingerprint density at radius 2 is 2.06 bits per heavy atom. The summed E-state index contributed by atoms with van der Waals surface area (Å²) in [6.45, 7) is 5.33. The maximum atomic E-state index is 9.23. The van der Waals surface area contributed by atoms with Gasteiger partial charge in [-0.1, -0.05) is 12.1 Å². The molecule has 0 saturated carbocycles. The topological polar surface area (TPSA) is 58.7 Å². The van der Waals surface area contributed by atoms with Crippen LogP contribution in [0.2, 0.25) is 0 Å². The summed E-state index contributed by atoms with van der Waals surface area (Å²) in [5.74, 6) is 0.309. The molecular formula is C13H20N2O2. The Morgan fingerprint density at radius 3 is 2.71 bits per heavy atom. The number of ether oxygens (including phenoxy) is 1. The Labute approximate surface area is 102 Å². The fourth-order valence-electron chi connectivity index (χ4n) is 2.26. The number of phenols is 1. The van der Waals surface area contributed by atoms with E-state index in [1.54, 1.807) is 12.1 Å². The molecule has 0 amide bonds. The van der Waals surface area contributed by atoms with Gasteiger partial charge in [0.2, 0.25) is 0 Å². The van der Waals surface area contributed by atoms with Crippen molar-refractivity contribution in [1.82, 2.24) is 4.90 Å². The first kappa shape index (κ1) is 12.4. The maximum absolute atomic E-state index is 9.23. The van der Waals surface area contributed by atoms with E-state index < -0.39 is 0 Å². The molecule has 94 valence electrons. The molecule has 1 heterocycles. The fourth-order valence-corrected chi connectivity index (χ4v) is 2.26. The summed E-state index contributed by atoms with van der Waals surface area (Å²) in [5, 5.41) is 9.23. The number of benzene rings is 1. The van der Waals surface area contributed by atoms with Crippen molar-refractivity contribution in [3.8, 4) is 5.75 Å². The first-order valence-electron chi connectivity index (χ1n) is 6.03. The first-order chi connectivity index (χ1) is 8.17. The monoisotopic (exact) mass is 236 g/mol. The van der Waals surface area contributed by atoms with Crippen molar-refractivity contribution in [2.24, 2.45) is 5.73 Å². The van der Waals surface area contributed by atoms with E-state index in [-0.39, 0.29) is 12.2 Å². The fraction of sp³-hybridized carbons (Fsp3) is 0.538. The highest BCUT2D eigenvalue weighted by molar-refractivity contribution is 5.25. The highest BCUT2D eigenvalue weighted by atomic mass is 16.5. The van der Waals surface area contributed by atoms with Crippen molar-refractivity contribution in [2.75, 3.05) is 19.6 Å². The third-order valence-electron chi connectivity index (χ3n) is 3.01. The van der Waals surface area contributed by atoms with Crippen LogP contribution in [-0.2, 0) is 11.3 Å². The second kappa shape index (κ2) is 5.49. The SMILES string of the molecule is CC1CN(Cc2ccc(O)cc2)CC(CN)O1.